The fourth-order valence-electron chi connectivity index (χ4n) is 4.74. The number of nitrogens with one attached hydrogen (secondary N) is 1. The third kappa shape index (κ3) is 2.50. The first kappa shape index (κ1) is 15.6. The number of halogens is 1. The lowest BCUT2D eigenvalue weighted by Gasteiger charge is -2.39. The standard InChI is InChI=1S/C21H20FN3O/c22-17-4-1-13(2-5-17)15-10-18-6-7-19(11-15)25(18)21(26)14-3-8-20-16(9-14)12-23-24-20/h1-5,8-9,12,15,18-19H,6-7,10-11H2,(H,23,24)/t15?,18-,19+. The molecule has 2 aromatic carbocycles. The summed E-state index contributed by atoms with van der Waals surface area (Å²) < 4.78 is 13.2. The summed E-state index contributed by atoms with van der Waals surface area (Å²) in [6.07, 6.45) is 5.79. The zero-order chi connectivity index (χ0) is 17.7. The Morgan fingerprint density at radius 3 is 2.54 bits per heavy atom. The molecule has 5 rings (SSSR count). The smallest absolute Gasteiger partial charge is 0.254 e. The number of piperidine rings is 1. The van der Waals surface area contributed by atoms with Gasteiger partial charge in [0, 0.05) is 23.0 Å². The number of hydrogen-bond donors (Lipinski definition) is 1. The van der Waals surface area contributed by atoms with E-state index in [1.807, 2.05) is 30.3 Å². The van der Waals surface area contributed by atoms with E-state index in [9.17, 15) is 9.18 Å². The fraction of sp³-hybridized carbons (Fsp3) is 0.333. The molecule has 1 aromatic heterocycles. The van der Waals surface area contributed by atoms with Gasteiger partial charge in [0.2, 0.25) is 0 Å². The van der Waals surface area contributed by atoms with E-state index in [1.54, 1.807) is 6.20 Å². The maximum atomic E-state index is 13.2. The van der Waals surface area contributed by atoms with Crippen LogP contribution in [0.25, 0.3) is 10.9 Å². The average molecular weight is 349 g/mol. The minimum absolute atomic E-state index is 0.123. The van der Waals surface area contributed by atoms with Gasteiger partial charge < -0.3 is 4.90 Å². The summed E-state index contributed by atoms with van der Waals surface area (Å²) >= 11 is 0. The Morgan fingerprint density at radius 1 is 1.08 bits per heavy atom. The number of carbonyl (C=O) groups excluding carboxylic acids is 1. The third-order valence-electron chi connectivity index (χ3n) is 6.00. The summed E-state index contributed by atoms with van der Waals surface area (Å²) in [5, 5.41) is 7.91. The molecule has 2 saturated heterocycles. The highest BCUT2D eigenvalue weighted by Gasteiger charge is 2.43. The zero-order valence-electron chi connectivity index (χ0n) is 14.4. The minimum Gasteiger partial charge on any atom is -0.333 e. The topological polar surface area (TPSA) is 49.0 Å². The predicted octanol–water partition coefficient (Wildman–Crippen LogP) is 4.25. The highest BCUT2D eigenvalue weighted by atomic mass is 19.1. The average Bonchev–Trinajstić information content (AvgIpc) is 3.23. The van der Waals surface area contributed by atoms with Crippen molar-refractivity contribution >= 4 is 16.8 Å². The Labute approximate surface area is 151 Å². The van der Waals surface area contributed by atoms with Gasteiger partial charge in [-0.2, -0.15) is 5.10 Å². The molecule has 0 radical (unpaired) electrons. The molecule has 2 fully saturated rings. The summed E-state index contributed by atoms with van der Waals surface area (Å²) in [5.74, 6) is 0.339. The number of rotatable bonds is 2. The van der Waals surface area contributed by atoms with Crippen molar-refractivity contribution in [1.82, 2.24) is 15.1 Å². The lowest BCUT2D eigenvalue weighted by Crippen LogP contribution is -2.46. The van der Waals surface area contributed by atoms with Crippen molar-refractivity contribution in [3.05, 3.63) is 65.6 Å². The molecule has 1 N–H and O–H groups in total. The SMILES string of the molecule is O=C(c1ccc2[nH]ncc2c1)N1[C@@H]2CC[C@H]1CC(c1ccc(F)cc1)C2. The van der Waals surface area contributed by atoms with E-state index in [4.69, 9.17) is 0 Å². The normalized spacial score (nSPS) is 25.0. The molecular formula is C21H20FN3O. The van der Waals surface area contributed by atoms with Crippen molar-refractivity contribution in [2.24, 2.45) is 0 Å². The molecule has 2 aliphatic rings. The molecule has 132 valence electrons. The monoisotopic (exact) mass is 349 g/mol. The van der Waals surface area contributed by atoms with Gasteiger partial charge in [0.15, 0.2) is 0 Å². The van der Waals surface area contributed by atoms with E-state index < -0.39 is 0 Å². The van der Waals surface area contributed by atoms with Gasteiger partial charge in [0.1, 0.15) is 5.82 Å². The van der Waals surface area contributed by atoms with Crippen molar-refractivity contribution in [3.63, 3.8) is 0 Å². The van der Waals surface area contributed by atoms with Crippen molar-refractivity contribution in [3.8, 4) is 0 Å². The summed E-state index contributed by atoms with van der Waals surface area (Å²) in [6.45, 7) is 0. The second-order valence-corrected chi connectivity index (χ2v) is 7.49. The van der Waals surface area contributed by atoms with Crippen molar-refractivity contribution in [2.45, 2.75) is 43.7 Å². The van der Waals surface area contributed by atoms with Crippen LogP contribution in [0.1, 0.15) is 47.5 Å². The highest BCUT2D eigenvalue weighted by molar-refractivity contribution is 5.98. The molecule has 26 heavy (non-hydrogen) atoms. The number of aromatic nitrogens is 2. The van der Waals surface area contributed by atoms with E-state index in [2.05, 4.69) is 15.1 Å². The van der Waals surface area contributed by atoms with E-state index in [0.29, 0.717) is 5.92 Å². The zero-order valence-corrected chi connectivity index (χ0v) is 14.4. The Hall–Kier alpha value is -2.69. The first-order valence-electron chi connectivity index (χ1n) is 9.20. The number of amides is 1. The van der Waals surface area contributed by atoms with Crippen LogP contribution in [0.5, 0.6) is 0 Å². The Morgan fingerprint density at radius 2 is 1.81 bits per heavy atom. The lowest BCUT2D eigenvalue weighted by atomic mass is 9.85. The summed E-state index contributed by atoms with van der Waals surface area (Å²) in [7, 11) is 0. The van der Waals surface area contributed by atoms with Gasteiger partial charge in [-0.3, -0.25) is 9.89 Å². The fourth-order valence-corrected chi connectivity index (χ4v) is 4.74. The van der Waals surface area contributed by atoms with Crippen LogP contribution in [0.4, 0.5) is 4.39 Å². The molecule has 4 nitrogen and oxygen atoms in total. The van der Waals surface area contributed by atoms with Crippen molar-refractivity contribution in [1.29, 1.82) is 0 Å². The lowest BCUT2D eigenvalue weighted by molar-refractivity contribution is 0.0571. The van der Waals surface area contributed by atoms with Crippen LogP contribution in [0.2, 0.25) is 0 Å². The number of nitrogens with zero attached hydrogens (tertiary/aromatic N) is 2. The summed E-state index contributed by atoms with van der Waals surface area (Å²) in [6, 6.07) is 13.1. The Kier molecular flexibility index (Phi) is 3.55. The van der Waals surface area contributed by atoms with Crippen molar-refractivity contribution < 1.29 is 9.18 Å². The van der Waals surface area contributed by atoms with Crippen LogP contribution in [0, 0.1) is 5.82 Å². The Bertz CT molecular complexity index is 951. The van der Waals surface area contributed by atoms with Gasteiger partial charge >= 0.3 is 0 Å². The molecule has 3 aromatic rings. The molecule has 0 aliphatic carbocycles. The molecule has 0 spiro atoms. The van der Waals surface area contributed by atoms with Gasteiger partial charge in [0.05, 0.1) is 11.7 Å². The second-order valence-electron chi connectivity index (χ2n) is 7.49. The number of fused-ring (bicyclic) bond motifs is 3. The molecule has 3 heterocycles. The molecule has 5 heteroatoms. The predicted molar refractivity (Wildman–Crippen MR) is 97.4 cm³/mol. The molecule has 2 bridgehead atoms. The second kappa shape index (κ2) is 5.94. The number of aromatic amines is 1. The number of hydrogen-bond acceptors (Lipinski definition) is 2. The van der Waals surface area contributed by atoms with Gasteiger partial charge in [-0.25, -0.2) is 4.39 Å². The highest BCUT2D eigenvalue weighted by Crippen LogP contribution is 2.43. The quantitative estimate of drug-likeness (QED) is 0.752. The maximum absolute atomic E-state index is 13.2. The number of benzene rings is 2. The molecular weight excluding hydrogens is 329 g/mol. The van der Waals surface area contributed by atoms with Crippen LogP contribution in [-0.2, 0) is 0 Å². The number of H-pyrrole nitrogens is 1. The van der Waals surface area contributed by atoms with Gasteiger partial charge in [-0.05, 0) is 67.5 Å². The molecule has 0 saturated carbocycles. The van der Waals surface area contributed by atoms with Gasteiger partial charge in [-0.1, -0.05) is 12.1 Å². The van der Waals surface area contributed by atoms with E-state index in [-0.39, 0.29) is 23.8 Å². The van der Waals surface area contributed by atoms with Crippen LogP contribution >= 0.6 is 0 Å². The molecule has 2 aliphatic heterocycles. The molecule has 1 amide bonds. The minimum atomic E-state index is -0.195. The first-order valence-corrected chi connectivity index (χ1v) is 9.20. The molecule has 3 atom stereocenters. The van der Waals surface area contributed by atoms with E-state index in [0.717, 1.165) is 42.1 Å². The Balaban J connectivity index is 1.39. The van der Waals surface area contributed by atoms with Crippen LogP contribution in [0.15, 0.2) is 48.7 Å². The number of carbonyl (C=O) groups is 1. The largest absolute Gasteiger partial charge is 0.333 e. The van der Waals surface area contributed by atoms with Gasteiger partial charge in [-0.15, -0.1) is 0 Å². The molecule has 1 unspecified atom stereocenters. The summed E-state index contributed by atoms with van der Waals surface area (Å²) in [5.41, 5.74) is 2.87. The van der Waals surface area contributed by atoms with Gasteiger partial charge in [0.25, 0.3) is 5.91 Å². The van der Waals surface area contributed by atoms with E-state index >= 15 is 0 Å². The van der Waals surface area contributed by atoms with Crippen molar-refractivity contribution in [2.75, 3.05) is 0 Å². The maximum Gasteiger partial charge on any atom is 0.254 e. The van der Waals surface area contributed by atoms with E-state index in [1.165, 1.54) is 17.7 Å². The van der Waals surface area contributed by atoms with Crippen LogP contribution in [-0.4, -0.2) is 33.1 Å². The third-order valence-corrected chi connectivity index (χ3v) is 6.00. The van der Waals surface area contributed by atoms with Crippen LogP contribution < -0.4 is 0 Å². The first-order chi connectivity index (χ1) is 12.7. The summed E-state index contributed by atoms with van der Waals surface area (Å²) in [4.78, 5) is 15.3. The van der Waals surface area contributed by atoms with Crippen LogP contribution in [0.3, 0.4) is 0 Å².